The molecule has 0 aromatic carbocycles. The fraction of sp³-hybridized carbons (Fsp3) is 0.750. The molecular formula is C8H16O. The molecule has 0 amide bonds. The van der Waals surface area contributed by atoms with Gasteiger partial charge in [0.05, 0.1) is 0 Å². The third-order valence-corrected chi connectivity index (χ3v) is 1.63. The second-order valence-corrected chi connectivity index (χ2v) is 2.88. The van der Waals surface area contributed by atoms with Gasteiger partial charge in [-0.1, -0.05) is 26.0 Å². The summed E-state index contributed by atoms with van der Waals surface area (Å²) >= 11 is 0. The van der Waals surface area contributed by atoms with Gasteiger partial charge < -0.3 is 5.11 Å². The number of aliphatic hydroxyl groups is 1. The van der Waals surface area contributed by atoms with Crippen molar-refractivity contribution in [2.45, 2.75) is 20.8 Å². The molecule has 0 aliphatic carbocycles. The maximum Gasteiger partial charge on any atom is 0.0498 e. The van der Waals surface area contributed by atoms with E-state index < -0.39 is 0 Å². The average molecular weight is 128 g/mol. The third kappa shape index (κ3) is 2.66. The zero-order chi connectivity index (χ0) is 7.44. The van der Waals surface area contributed by atoms with Crippen LogP contribution in [0, 0.1) is 11.8 Å². The molecular weight excluding hydrogens is 112 g/mol. The van der Waals surface area contributed by atoms with Crippen LogP contribution in [0.25, 0.3) is 0 Å². The lowest BCUT2D eigenvalue weighted by Crippen LogP contribution is -2.13. The molecule has 0 heterocycles. The van der Waals surface area contributed by atoms with Gasteiger partial charge in [-0.15, -0.1) is 0 Å². The topological polar surface area (TPSA) is 20.2 Å². The van der Waals surface area contributed by atoms with Gasteiger partial charge in [0.1, 0.15) is 0 Å². The van der Waals surface area contributed by atoms with Gasteiger partial charge in [-0.3, -0.25) is 0 Å². The van der Waals surface area contributed by atoms with Crippen molar-refractivity contribution in [3.63, 3.8) is 0 Å². The molecule has 0 radical (unpaired) electrons. The van der Waals surface area contributed by atoms with E-state index in [9.17, 15) is 0 Å². The van der Waals surface area contributed by atoms with Crippen LogP contribution in [0.4, 0.5) is 0 Å². The number of rotatable bonds is 3. The first-order chi connectivity index (χ1) is 4.09. The summed E-state index contributed by atoms with van der Waals surface area (Å²) in [6.07, 6.45) is 0. The highest BCUT2D eigenvalue weighted by atomic mass is 16.3. The first kappa shape index (κ1) is 8.70. The molecule has 1 N–H and O–H groups in total. The van der Waals surface area contributed by atoms with Gasteiger partial charge in [0, 0.05) is 12.5 Å². The van der Waals surface area contributed by atoms with E-state index in [2.05, 4.69) is 20.4 Å². The Hall–Kier alpha value is -0.300. The third-order valence-electron chi connectivity index (χ3n) is 1.63. The van der Waals surface area contributed by atoms with Crippen LogP contribution < -0.4 is 0 Å². The lowest BCUT2D eigenvalue weighted by molar-refractivity contribution is 0.214. The average Bonchev–Trinajstić information content (AvgIpc) is 1.64. The van der Waals surface area contributed by atoms with Crippen molar-refractivity contribution in [3.05, 3.63) is 12.2 Å². The van der Waals surface area contributed by atoms with Crippen LogP contribution in [0.2, 0.25) is 0 Å². The Bertz CT molecular complexity index is 94.7. The fourth-order valence-electron chi connectivity index (χ4n) is 0.936. The Morgan fingerprint density at radius 1 is 1.56 bits per heavy atom. The van der Waals surface area contributed by atoms with Gasteiger partial charge in [-0.25, -0.2) is 0 Å². The van der Waals surface area contributed by atoms with E-state index in [0.29, 0.717) is 5.92 Å². The molecule has 9 heavy (non-hydrogen) atoms. The summed E-state index contributed by atoms with van der Waals surface area (Å²) in [5, 5.41) is 8.81. The van der Waals surface area contributed by atoms with Crippen molar-refractivity contribution in [1.82, 2.24) is 0 Å². The molecule has 54 valence electrons. The second-order valence-electron chi connectivity index (χ2n) is 2.88. The number of aliphatic hydroxyl groups excluding tert-OH is 1. The van der Waals surface area contributed by atoms with Crippen LogP contribution in [0.5, 0.6) is 0 Å². The number of hydrogen-bond donors (Lipinski definition) is 1. The van der Waals surface area contributed by atoms with Crippen LogP contribution in [0.3, 0.4) is 0 Å². The van der Waals surface area contributed by atoms with Crippen molar-refractivity contribution in [2.75, 3.05) is 6.61 Å². The summed E-state index contributed by atoms with van der Waals surface area (Å²) in [6.45, 7) is 10.2. The van der Waals surface area contributed by atoms with Crippen LogP contribution in [-0.4, -0.2) is 11.7 Å². The molecule has 0 spiro atoms. The van der Waals surface area contributed by atoms with E-state index in [1.54, 1.807) is 0 Å². The lowest BCUT2D eigenvalue weighted by atomic mass is 9.91. The van der Waals surface area contributed by atoms with E-state index >= 15 is 0 Å². The summed E-state index contributed by atoms with van der Waals surface area (Å²) in [5.41, 5.74) is 1.08. The summed E-state index contributed by atoms with van der Waals surface area (Å²) in [6, 6.07) is 0. The van der Waals surface area contributed by atoms with Crippen LogP contribution >= 0.6 is 0 Å². The normalized spacial score (nSPS) is 13.9. The second kappa shape index (κ2) is 3.67. The van der Waals surface area contributed by atoms with Crippen molar-refractivity contribution in [3.8, 4) is 0 Å². The maximum atomic E-state index is 8.81. The predicted octanol–water partition coefficient (Wildman–Crippen LogP) is 1.83. The summed E-state index contributed by atoms with van der Waals surface area (Å²) < 4.78 is 0. The molecule has 0 aromatic heterocycles. The smallest absolute Gasteiger partial charge is 0.0498 e. The van der Waals surface area contributed by atoms with Crippen molar-refractivity contribution < 1.29 is 5.11 Å². The largest absolute Gasteiger partial charge is 0.396 e. The van der Waals surface area contributed by atoms with Crippen molar-refractivity contribution >= 4 is 0 Å². The van der Waals surface area contributed by atoms with E-state index in [-0.39, 0.29) is 12.5 Å². The molecule has 0 fully saturated rings. The molecule has 0 saturated carbocycles. The highest BCUT2D eigenvalue weighted by Gasteiger charge is 2.11. The van der Waals surface area contributed by atoms with Gasteiger partial charge in [0.25, 0.3) is 0 Å². The SMILES string of the molecule is C=C(C)C(CO)C(C)C. The minimum absolute atomic E-state index is 0.229. The van der Waals surface area contributed by atoms with Gasteiger partial charge in [0.15, 0.2) is 0 Å². The van der Waals surface area contributed by atoms with Gasteiger partial charge >= 0.3 is 0 Å². The fourth-order valence-corrected chi connectivity index (χ4v) is 0.936. The molecule has 0 aliphatic heterocycles. The summed E-state index contributed by atoms with van der Waals surface area (Å²) in [4.78, 5) is 0. The molecule has 0 saturated heterocycles. The Morgan fingerprint density at radius 2 is 2.00 bits per heavy atom. The Morgan fingerprint density at radius 3 is 2.00 bits per heavy atom. The summed E-state index contributed by atoms with van der Waals surface area (Å²) in [7, 11) is 0. The maximum absolute atomic E-state index is 8.81. The molecule has 1 unspecified atom stereocenters. The predicted molar refractivity (Wildman–Crippen MR) is 40.2 cm³/mol. The zero-order valence-electron chi connectivity index (χ0n) is 6.52. The Labute approximate surface area is 57.4 Å². The lowest BCUT2D eigenvalue weighted by Gasteiger charge is -2.17. The molecule has 0 aliphatic rings. The van der Waals surface area contributed by atoms with Gasteiger partial charge in [-0.05, 0) is 12.8 Å². The van der Waals surface area contributed by atoms with E-state index in [0.717, 1.165) is 5.57 Å². The van der Waals surface area contributed by atoms with E-state index in [1.807, 2.05) is 6.92 Å². The number of hydrogen-bond acceptors (Lipinski definition) is 1. The molecule has 0 bridgehead atoms. The molecule has 0 aromatic rings. The molecule has 1 nitrogen and oxygen atoms in total. The van der Waals surface area contributed by atoms with Gasteiger partial charge in [0.2, 0.25) is 0 Å². The highest BCUT2D eigenvalue weighted by molar-refractivity contribution is 4.96. The molecule has 1 heteroatoms. The quantitative estimate of drug-likeness (QED) is 0.575. The standard InChI is InChI=1S/C8H16O/c1-6(2)8(5-9)7(3)4/h7-9H,1,5H2,2-4H3. The highest BCUT2D eigenvalue weighted by Crippen LogP contribution is 2.16. The Kier molecular flexibility index (Phi) is 3.55. The van der Waals surface area contributed by atoms with Crippen LogP contribution in [0.15, 0.2) is 12.2 Å². The van der Waals surface area contributed by atoms with E-state index in [4.69, 9.17) is 5.11 Å². The monoisotopic (exact) mass is 128 g/mol. The van der Waals surface area contributed by atoms with Crippen LogP contribution in [-0.2, 0) is 0 Å². The van der Waals surface area contributed by atoms with Crippen molar-refractivity contribution in [1.29, 1.82) is 0 Å². The first-order valence-electron chi connectivity index (χ1n) is 3.35. The van der Waals surface area contributed by atoms with E-state index in [1.165, 1.54) is 0 Å². The van der Waals surface area contributed by atoms with Gasteiger partial charge in [-0.2, -0.15) is 0 Å². The minimum Gasteiger partial charge on any atom is -0.396 e. The first-order valence-corrected chi connectivity index (χ1v) is 3.35. The molecule has 0 rings (SSSR count). The summed E-state index contributed by atoms with van der Waals surface area (Å²) in [5.74, 6) is 0.789. The molecule has 1 atom stereocenters. The Balaban J connectivity index is 3.83. The van der Waals surface area contributed by atoms with Crippen molar-refractivity contribution in [2.24, 2.45) is 11.8 Å². The zero-order valence-corrected chi connectivity index (χ0v) is 6.52. The van der Waals surface area contributed by atoms with Crippen LogP contribution in [0.1, 0.15) is 20.8 Å². The minimum atomic E-state index is 0.229.